The van der Waals surface area contributed by atoms with Gasteiger partial charge in [0.05, 0.1) is 0 Å². The van der Waals surface area contributed by atoms with E-state index in [1.807, 2.05) is 6.26 Å². The number of ketones is 1. The number of thioether (sulfide) groups is 1. The summed E-state index contributed by atoms with van der Waals surface area (Å²) < 4.78 is 5.84. The van der Waals surface area contributed by atoms with Gasteiger partial charge in [0.2, 0.25) is 0 Å². The lowest BCUT2D eigenvalue weighted by atomic mass is 10.2. The molecule has 0 unspecified atom stereocenters. The Morgan fingerprint density at radius 3 is 2.44 bits per heavy atom. The van der Waals surface area contributed by atoms with Gasteiger partial charge in [-0.15, -0.1) is 11.3 Å². The van der Waals surface area contributed by atoms with Gasteiger partial charge in [0.1, 0.15) is 10.5 Å². The first-order chi connectivity index (χ1) is 8.23. The highest BCUT2D eigenvalue weighted by atomic mass is 32.2. The molecule has 0 saturated heterocycles. The number of nitrogens with zero attached hydrogens (tertiary/aromatic N) is 1. The molecule has 0 bridgehead atoms. The summed E-state index contributed by atoms with van der Waals surface area (Å²) in [5, 5.41) is 2.51. The fourth-order valence-electron chi connectivity index (χ4n) is 1.11. The highest BCUT2D eigenvalue weighted by Gasteiger charge is 2.21. The lowest BCUT2D eigenvalue weighted by Crippen LogP contribution is -2.27. The number of rotatable bonds is 3. The third kappa shape index (κ3) is 4.30. The number of hydrogen-bond donors (Lipinski definition) is 1. The van der Waals surface area contributed by atoms with Gasteiger partial charge in [-0.25, -0.2) is 9.78 Å². The van der Waals surface area contributed by atoms with E-state index in [0.717, 1.165) is 4.34 Å². The van der Waals surface area contributed by atoms with Crippen molar-refractivity contribution in [3.05, 3.63) is 4.88 Å². The van der Waals surface area contributed by atoms with E-state index in [4.69, 9.17) is 4.74 Å². The number of Topliss-reactive ketones (excluding diaryl/α,β-unsaturated/α-hetero) is 1. The van der Waals surface area contributed by atoms with Gasteiger partial charge in [0.25, 0.3) is 0 Å². The van der Waals surface area contributed by atoms with Crippen LogP contribution in [-0.4, -0.2) is 28.7 Å². The SMILES string of the molecule is CSc1nc(NC(=O)OC(C)(C)C)c(C(C)=O)s1. The largest absolute Gasteiger partial charge is 0.444 e. The third-order valence-electron chi connectivity index (χ3n) is 1.72. The molecule has 0 aliphatic carbocycles. The van der Waals surface area contributed by atoms with Crippen LogP contribution in [0.4, 0.5) is 10.6 Å². The number of carbonyl (C=O) groups excluding carboxylic acids is 2. The first-order valence-electron chi connectivity index (χ1n) is 5.28. The van der Waals surface area contributed by atoms with Gasteiger partial charge in [-0.3, -0.25) is 10.1 Å². The summed E-state index contributed by atoms with van der Waals surface area (Å²) in [5.74, 6) is 0.143. The molecule has 1 aromatic heterocycles. The van der Waals surface area contributed by atoms with Crippen LogP contribution in [0.5, 0.6) is 0 Å². The smallest absolute Gasteiger partial charge is 0.413 e. The number of hydrogen-bond acceptors (Lipinski definition) is 6. The molecule has 0 aliphatic rings. The predicted octanol–water partition coefficient (Wildman–Crippen LogP) is 3.41. The second-order valence-electron chi connectivity index (χ2n) is 4.54. The highest BCUT2D eigenvalue weighted by molar-refractivity contribution is 8.00. The van der Waals surface area contributed by atoms with Gasteiger partial charge in [-0.1, -0.05) is 11.8 Å². The maximum absolute atomic E-state index is 11.6. The third-order valence-corrected chi connectivity index (χ3v) is 3.86. The average Bonchev–Trinajstić information content (AvgIpc) is 2.57. The summed E-state index contributed by atoms with van der Waals surface area (Å²) in [6.07, 6.45) is 1.25. The van der Waals surface area contributed by atoms with Crippen LogP contribution in [0.1, 0.15) is 37.4 Å². The van der Waals surface area contributed by atoms with Gasteiger partial charge in [-0.2, -0.15) is 0 Å². The van der Waals surface area contributed by atoms with E-state index in [0.29, 0.717) is 4.88 Å². The summed E-state index contributed by atoms with van der Waals surface area (Å²) in [5.41, 5.74) is -0.584. The molecule has 0 aromatic carbocycles. The maximum atomic E-state index is 11.6. The second-order valence-corrected chi connectivity index (χ2v) is 6.60. The Morgan fingerprint density at radius 2 is 2.00 bits per heavy atom. The molecule has 7 heteroatoms. The standard InChI is InChI=1S/C11H16N2O3S2/c1-6(14)7-8(13-10(17-5)18-7)12-9(15)16-11(2,3)4/h1-5H3,(H,12,15). The van der Waals surface area contributed by atoms with E-state index in [9.17, 15) is 9.59 Å². The zero-order chi connectivity index (χ0) is 13.9. The normalized spacial score (nSPS) is 11.2. The molecule has 0 saturated carbocycles. The summed E-state index contributed by atoms with van der Waals surface area (Å²) >= 11 is 2.68. The lowest BCUT2D eigenvalue weighted by molar-refractivity contribution is 0.0635. The molecular formula is C11H16N2O3S2. The molecule has 0 spiro atoms. The van der Waals surface area contributed by atoms with Crippen molar-refractivity contribution in [2.45, 2.75) is 37.6 Å². The lowest BCUT2D eigenvalue weighted by Gasteiger charge is -2.19. The molecule has 0 aliphatic heterocycles. The number of anilines is 1. The second kappa shape index (κ2) is 5.71. The van der Waals surface area contributed by atoms with Gasteiger partial charge in [0, 0.05) is 6.92 Å². The van der Waals surface area contributed by atoms with Crippen LogP contribution in [0.3, 0.4) is 0 Å². The first-order valence-corrected chi connectivity index (χ1v) is 7.33. The molecule has 5 nitrogen and oxygen atoms in total. The van der Waals surface area contributed by atoms with Gasteiger partial charge in [0.15, 0.2) is 15.9 Å². The Morgan fingerprint density at radius 1 is 1.39 bits per heavy atom. The van der Waals surface area contributed by atoms with Crippen molar-refractivity contribution >= 4 is 40.8 Å². The number of aromatic nitrogens is 1. The fraction of sp³-hybridized carbons (Fsp3) is 0.545. The van der Waals surface area contributed by atoms with E-state index in [-0.39, 0.29) is 11.6 Å². The Balaban J connectivity index is 2.86. The Hall–Kier alpha value is -1.08. The van der Waals surface area contributed by atoms with E-state index >= 15 is 0 Å². The molecular weight excluding hydrogens is 272 g/mol. The molecule has 100 valence electrons. The molecule has 18 heavy (non-hydrogen) atoms. The highest BCUT2D eigenvalue weighted by Crippen LogP contribution is 2.29. The van der Waals surface area contributed by atoms with Crippen molar-refractivity contribution in [3.8, 4) is 0 Å². The zero-order valence-electron chi connectivity index (χ0n) is 11.0. The number of nitrogens with one attached hydrogen (secondary N) is 1. The van der Waals surface area contributed by atoms with Crippen molar-refractivity contribution < 1.29 is 14.3 Å². The van der Waals surface area contributed by atoms with Crippen LogP contribution in [0, 0.1) is 0 Å². The zero-order valence-corrected chi connectivity index (χ0v) is 12.6. The fourth-order valence-corrected chi connectivity index (χ4v) is 2.53. The molecule has 1 amide bonds. The van der Waals surface area contributed by atoms with Crippen LogP contribution in [-0.2, 0) is 4.74 Å². The monoisotopic (exact) mass is 288 g/mol. The van der Waals surface area contributed by atoms with E-state index < -0.39 is 11.7 Å². The predicted molar refractivity (Wildman–Crippen MR) is 73.8 cm³/mol. The number of amides is 1. The van der Waals surface area contributed by atoms with Crippen LogP contribution < -0.4 is 5.32 Å². The van der Waals surface area contributed by atoms with Crippen LogP contribution in [0.2, 0.25) is 0 Å². The summed E-state index contributed by atoms with van der Waals surface area (Å²) in [6.45, 7) is 6.75. The molecule has 1 N–H and O–H groups in total. The van der Waals surface area contributed by atoms with Crippen molar-refractivity contribution in [3.63, 3.8) is 0 Å². The minimum Gasteiger partial charge on any atom is -0.444 e. The molecule has 1 rings (SSSR count). The van der Waals surface area contributed by atoms with Gasteiger partial charge >= 0.3 is 6.09 Å². The number of thiazole rings is 1. The number of carbonyl (C=O) groups is 2. The minimum atomic E-state index is -0.608. The molecule has 0 fully saturated rings. The topological polar surface area (TPSA) is 68.3 Å². The van der Waals surface area contributed by atoms with Crippen LogP contribution >= 0.6 is 23.1 Å². The maximum Gasteiger partial charge on any atom is 0.413 e. The average molecular weight is 288 g/mol. The van der Waals surface area contributed by atoms with E-state index in [2.05, 4.69) is 10.3 Å². The quantitative estimate of drug-likeness (QED) is 0.682. The van der Waals surface area contributed by atoms with Crippen molar-refractivity contribution in [1.82, 2.24) is 4.98 Å². The van der Waals surface area contributed by atoms with E-state index in [1.165, 1.54) is 30.0 Å². The van der Waals surface area contributed by atoms with E-state index in [1.54, 1.807) is 20.8 Å². The molecule has 0 atom stereocenters. The molecule has 1 aromatic rings. The van der Waals surface area contributed by atoms with Crippen molar-refractivity contribution in [2.75, 3.05) is 11.6 Å². The summed E-state index contributed by atoms with van der Waals surface area (Å²) in [4.78, 5) is 27.6. The summed E-state index contributed by atoms with van der Waals surface area (Å²) in [7, 11) is 0. The summed E-state index contributed by atoms with van der Waals surface area (Å²) in [6, 6.07) is 0. The van der Waals surface area contributed by atoms with Gasteiger partial charge in [-0.05, 0) is 27.0 Å². The van der Waals surface area contributed by atoms with Crippen LogP contribution in [0.15, 0.2) is 4.34 Å². The molecule has 0 radical (unpaired) electrons. The van der Waals surface area contributed by atoms with Crippen molar-refractivity contribution in [2.24, 2.45) is 0 Å². The van der Waals surface area contributed by atoms with Gasteiger partial charge < -0.3 is 4.74 Å². The van der Waals surface area contributed by atoms with Crippen molar-refractivity contribution in [1.29, 1.82) is 0 Å². The Bertz CT molecular complexity index is 463. The molecule has 1 heterocycles. The first kappa shape index (κ1) is 15.0. The number of ether oxygens (including phenoxy) is 1. The Labute approximate surface area is 114 Å². The van der Waals surface area contributed by atoms with Crippen LogP contribution in [0.25, 0.3) is 0 Å². The minimum absolute atomic E-state index is 0.126. The Kier molecular flexibility index (Phi) is 4.75.